The van der Waals surface area contributed by atoms with Gasteiger partial charge in [0.05, 0.1) is 12.2 Å². The lowest BCUT2D eigenvalue weighted by Crippen LogP contribution is -1.98. The fraction of sp³-hybridized carbons (Fsp3) is 0.333. The summed E-state index contributed by atoms with van der Waals surface area (Å²) in [5.74, 6) is 0.587. The van der Waals surface area contributed by atoms with Crippen LogP contribution in [0.3, 0.4) is 0 Å². The normalized spacial score (nSPS) is 10.8. The minimum atomic E-state index is 0.587. The molecule has 6 heteroatoms. The molecule has 0 bridgehead atoms. The number of aryl methyl sites for hydroxylation is 1. The van der Waals surface area contributed by atoms with E-state index in [-0.39, 0.29) is 0 Å². The number of aromatic nitrogens is 3. The quantitative estimate of drug-likeness (QED) is 0.813. The molecule has 0 atom stereocenters. The van der Waals surface area contributed by atoms with Crippen LogP contribution in [0.4, 0.5) is 0 Å². The Bertz CT molecular complexity index is 440. The third-order valence-electron chi connectivity index (χ3n) is 1.88. The van der Waals surface area contributed by atoms with Gasteiger partial charge in [0.1, 0.15) is 0 Å². The number of halogens is 2. The van der Waals surface area contributed by atoms with Crippen LogP contribution in [-0.4, -0.2) is 20.9 Å². The topological polar surface area (TPSA) is 30.7 Å². The molecule has 2 rings (SSSR count). The van der Waals surface area contributed by atoms with Gasteiger partial charge in [-0.3, -0.25) is 0 Å². The highest BCUT2D eigenvalue weighted by Crippen LogP contribution is 2.20. The first kappa shape index (κ1) is 11.1. The first-order valence-corrected chi connectivity index (χ1v) is 6.66. The molecular weight excluding hydrogens is 298 g/mol. The van der Waals surface area contributed by atoms with E-state index in [1.54, 1.807) is 11.3 Å². The first-order chi connectivity index (χ1) is 7.28. The molecule has 3 nitrogen and oxygen atoms in total. The van der Waals surface area contributed by atoms with Crippen LogP contribution in [0, 0.1) is 0 Å². The van der Waals surface area contributed by atoms with Crippen LogP contribution >= 0.6 is 38.9 Å². The summed E-state index contributed by atoms with van der Waals surface area (Å²) in [6.07, 6.45) is 2.71. The van der Waals surface area contributed by atoms with Crippen molar-refractivity contribution in [3.05, 3.63) is 32.7 Å². The zero-order valence-electron chi connectivity index (χ0n) is 7.86. The summed E-state index contributed by atoms with van der Waals surface area (Å²) in [6.45, 7) is 0.769. The predicted octanol–water partition coefficient (Wildman–Crippen LogP) is 2.93. The lowest BCUT2D eigenvalue weighted by Gasteiger charge is -1.94. The number of thiophene rings is 1. The van der Waals surface area contributed by atoms with Gasteiger partial charge < -0.3 is 0 Å². The Morgan fingerprint density at radius 1 is 1.53 bits per heavy atom. The van der Waals surface area contributed by atoms with E-state index >= 15 is 0 Å². The molecule has 0 N–H and O–H groups in total. The molecule has 0 aromatic carbocycles. The van der Waals surface area contributed by atoms with Crippen molar-refractivity contribution >= 4 is 38.9 Å². The lowest BCUT2D eigenvalue weighted by atomic mass is 10.4. The number of nitrogens with zero attached hydrogens (tertiary/aromatic N) is 3. The Labute approximate surface area is 105 Å². The van der Waals surface area contributed by atoms with Gasteiger partial charge in [-0.15, -0.1) is 28.0 Å². The zero-order chi connectivity index (χ0) is 10.7. The second-order valence-corrected chi connectivity index (χ2v) is 5.37. The van der Waals surface area contributed by atoms with Crippen LogP contribution in [0.15, 0.2) is 22.1 Å². The van der Waals surface area contributed by atoms with E-state index in [9.17, 15) is 0 Å². The Morgan fingerprint density at radius 2 is 2.40 bits per heavy atom. The smallest absolute Gasteiger partial charge is 0.0839 e. The van der Waals surface area contributed by atoms with Crippen molar-refractivity contribution in [1.82, 2.24) is 15.0 Å². The van der Waals surface area contributed by atoms with Crippen molar-refractivity contribution < 1.29 is 0 Å². The molecule has 0 saturated heterocycles. The Morgan fingerprint density at radius 3 is 3.07 bits per heavy atom. The molecule has 0 amide bonds. The molecule has 0 fully saturated rings. The third kappa shape index (κ3) is 3.03. The number of alkyl halides is 1. The van der Waals surface area contributed by atoms with Gasteiger partial charge in [0.2, 0.25) is 0 Å². The van der Waals surface area contributed by atoms with E-state index in [1.807, 2.05) is 10.9 Å². The third-order valence-corrected chi connectivity index (χ3v) is 3.75. The van der Waals surface area contributed by atoms with Gasteiger partial charge >= 0.3 is 0 Å². The Hall–Kier alpha value is -0.390. The van der Waals surface area contributed by atoms with E-state index in [1.165, 1.54) is 4.88 Å². The maximum Gasteiger partial charge on any atom is 0.0839 e. The number of hydrogen-bond acceptors (Lipinski definition) is 3. The summed E-state index contributed by atoms with van der Waals surface area (Å²) < 4.78 is 2.95. The highest BCUT2D eigenvalue weighted by molar-refractivity contribution is 9.10. The molecule has 15 heavy (non-hydrogen) atoms. The highest BCUT2D eigenvalue weighted by atomic mass is 79.9. The Balaban J connectivity index is 2.04. The van der Waals surface area contributed by atoms with E-state index in [0.29, 0.717) is 5.88 Å². The molecule has 0 unspecified atom stereocenters. The van der Waals surface area contributed by atoms with Crippen LogP contribution in [0.5, 0.6) is 0 Å². The second kappa shape index (κ2) is 5.09. The summed E-state index contributed by atoms with van der Waals surface area (Å²) in [6, 6.07) is 2.09. The van der Waals surface area contributed by atoms with Gasteiger partial charge in [-0.1, -0.05) is 5.21 Å². The molecule has 2 aromatic heterocycles. The number of rotatable bonds is 4. The largest absolute Gasteiger partial charge is 0.247 e. The second-order valence-electron chi connectivity index (χ2n) is 3.08. The molecule has 0 aliphatic carbocycles. The van der Waals surface area contributed by atoms with Crippen LogP contribution < -0.4 is 0 Å². The fourth-order valence-corrected chi connectivity index (χ4v) is 2.86. The fourth-order valence-electron chi connectivity index (χ4n) is 1.22. The minimum Gasteiger partial charge on any atom is -0.247 e. The summed E-state index contributed by atoms with van der Waals surface area (Å²) in [7, 11) is 0. The van der Waals surface area contributed by atoms with Gasteiger partial charge in [-0.05, 0) is 22.0 Å². The van der Waals surface area contributed by atoms with Gasteiger partial charge in [-0.2, -0.15) is 0 Å². The van der Waals surface area contributed by atoms with Crippen LogP contribution in [0.1, 0.15) is 10.6 Å². The molecular formula is C9H9BrClN3S. The van der Waals surface area contributed by atoms with Gasteiger partial charge in [0.15, 0.2) is 0 Å². The van der Waals surface area contributed by atoms with Crippen LogP contribution in [0.25, 0.3) is 0 Å². The minimum absolute atomic E-state index is 0.587. The van der Waals surface area contributed by atoms with E-state index in [2.05, 4.69) is 37.7 Å². The average molecular weight is 307 g/mol. The van der Waals surface area contributed by atoms with Crippen molar-refractivity contribution in [2.24, 2.45) is 0 Å². The predicted molar refractivity (Wildman–Crippen MR) is 65.6 cm³/mol. The van der Waals surface area contributed by atoms with E-state index < -0.39 is 0 Å². The van der Waals surface area contributed by atoms with Crippen molar-refractivity contribution in [2.45, 2.75) is 13.0 Å². The van der Waals surface area contributed by atoms with Gasteiger partial charge in [-0.25, -0.2) is 4.68 Å². The molecule has 0 radical (unpaired) electrons. The average Bonchev–Trinajstić information content (AvgIpc) is 2.78. The van der Waals surface area contributed by atoms with E-state index in [4.69, 9.17) is 11.6 Å². The molecule has 2 heterocycles. The zero-order valence-corrected chi connectivity index (χ0v) is 11.0. The maximum atomic E-state index is 5.63. The van der Waals surface area contributed by atoms with Gasteiger partial charge in [0.25, 0.3) is 0 Å². The SMILES string of the molecule is ClCCc1cn(Cc2cc(Br)cs2)nn1. The molecule has 80 valence electrons. The van der Waals surface area contributed by atoms with Crippen LogP contribution in [0.2, 0.25) is 0 Å². The van der Waals surface area contributed by atoms with Crippen LogP contribution in [-0.2, 0) is 13.0 Å². The molecule has 0 spiro atoms. The Kier molecular flexibility index (Phi) is 3.77. The monoisotopic (exact) mass is 305 g/mol. The molecule has 0 aliphatic heterocycles. The van der Waals surface area contributed by atoms with E-state index in [0.717, 1.165) is 23.1 Å². The maximum absolute atomic E-state index is 5.63. The lowest BCUT2D eigenvalue weighted by molar-refractivity contribution is 0.655. The summed E-state index contributed by atoms with van der Waals surface area (Å²) in [5.41, 5.74) is 0.945. The van der Waals surface area contributed by atoms with Crippen molar-refractivity contribution in [3.63, 3.8) is 0 Å². The van der Waals surface area contributed by atoms with Gasteiger partial charge in [0, 0.05) is 33.2 Å². The molecule has 0 saturated carbocycles. The summed E-state index contributed by atoms with van der Waals surface area (Å²) >= 11 is 10.8. The van der Waals surface area contributed by atoms with Crippen molar-refractivity contribution in [2.75, 3.05) is 5.88 Å². The highest BCUT2D eigenvalue weighted by Gasteiger charge is 2.02. The standard InChI is InChI=1S/C9H9BrClN3S/c10-7-3-9(15-6-7)5-14-4-8(1-2-11)12-13-14/h3-4,6H,1-2,5H2. The van der Waals surface area contributed by atoms with Crippen molar-refractivity contribution in [1.29, 1.82) is 0 Å². The summed E-state index contributed by atoms with van der Waals surface area (Å²) in [5, 5.41) is 10.1. The number of hydrogen-bond donors (Lipinski definition) is 0. The molecule has 2 aromatic rings. The summed E-state index contributed by atoms with van der Waals surface area (Å²) in [4.78, 5) is 1.25. The molecule has 0 aliphatic rings. The van der Waals surface area contributed by atoms with Crippen molar-refractivity contribution in [3.8, 4) is 0 Å². The first-order valence-electron chi connectivity index (χ1n) is 4.46.